The number of amides is 1. The number of nitrogens with zero attached hydrogens (tertiary/aromatic N) is 2. The van der Waals surface area contributed by atoms with Gasteiger partial charge in [0.1, 0.15) is 11.6 Å². The molecule has 0 fully saturated rings. The Bertz CT molecular complexity index is 1270. The second kappa shape index (κ2) is 8.87. The first kappa shape index (κ1) is 21.6. The van der Waals surface area contributed by atoms with E-state index in [-0.39, 0.29) is 17.7 Å². The second-order valence-electron chi connectivity index (χ2n) is 8.64. The van der Waals surface area contributed by atoms with Crippen LogP contribution in [0.3, 0.4) is 0 Å². The highest BCUT2D eigenvalue weighted by molar-refractivity contribution is 5.97. The van der Waals surface area contributed by atoms with E-state index in [1.807, 2.05) is 56.3 Å². The summed E-state index contributed by atoms with van der Waals surface area (Å²) in [6, 6.07) is 21.1. The average molecular weight is 428 g/mol. The van der Waals surface area contributed by atoms with E-state index in [1.165, 1.54) is 5.56 Å². The number of carbonyl (C=O) groups excluding carboxylic acids is 1. The van der Waals surface area contributed by atoms with Crippen LogP contribution in [0.15, 0.2) is 66.7 Å². The van der Waals surface area contributed by atoms with Crippen LogP contribution in [-0.4, -0.2) is 20.6 Å². The molecule has 4 aromatic rings. The fourth-order valence-corrected chi connectivity index (χ4v) is 3.98. The van der Waals surface area contributed by atoms with Gasteiger partial charge in [-0.1, -0.05) is 50.2 Å². The zero-order valence-corrected chi connectivity index (χ0v) is 19.0. The number of aryl methyl sites for hydroxylation is 1. The lowest BCUT2D eigenvalue weighted by atomic mass is 9.98. The van der Waals surface area contributed by atoms with E-state index in [0.717, 1.165) is 28.0 Å². The van der Waals surface area contributed by atoms with Crippen LogP contribution in [0.5, 0.6) is 5.75 Å². The molecule has 1 amide bonds. The number of hydrogen-bond acceptors (Lipinski definition) is 3. The zero-order valence-electron chi connectivity index (χ0n) is 19.0. The molecule has 1 atom stereocenters. The molecule has 0 saturated carbocycles. The third-order valence-electron chi connectivity index (χ3n) is 5.88. The Kier molecular flexibility index (Phi) is 5.99. The van der Waals surface area contributed by atoms with Gasteiger partial charge in [0, 0.05) is 12.1 Å². The van der Waals surface area contributed by atoms with Gasteiger partial charge in [-0.25, -0.2) is 4.98 Å². The highest BCUT2D eigenvalue weighted by Crippen LogP contribution is 2.23. The van der Waals surface area contributed by atoms with Crippen molar-refractivity contribution in [2.24, 2.45) is 0 Å². The number of phenols is 1. The molecule has 0 aliphatic rings. The molecule has 5 nitrogen and oxygen atoms in total. The van der Waals surface area contributed by atoms with Crippen molar-refractivity contribution in [3.63, 3.8) is 0 Å². The van der Waals surface area contributed by atoms with Gasteiger partial charge in [0.25, 0.3) is 5.91 Å². The summed E-state index contributed by atoms with van der Waals surface area (Å²) >= 11 is 0. The summed E-state index contributed by atoms with van der Waals surface area (Å²) in [5, 5.41) is 12.9. The van der Waals surface area contributed by atoms with Crippen molar-refractivity contribution >= 4 is 16.9 Å². The molecule has 4 rings (SSSR count). The van der Waals surface area contributed by atoms with Crippen LogP contribution >= 0.6 is 0 Å². The number of carbonyl (C=O) groups is 1. The minimum absolute atomic E-state index is 0.0954. The Morgan fingerprint density at radius 1 is 1.00 bits per heavy atom. The largest absolute Gasteiger partial charge is 0.508 e. The van der Waals surface area contributed by atoms with E-state index in [9.17, 15) is 9.90 Å². The molecule has 32 heavy (non-hydrogen) atoms. The molecular formula is C27H29N3O2. The lowest BCUT2D eigenvalue weighted by Crippen LogP contribution is -2.26. The van der Waals surface area contributed by atoms with E-state index < -0.39 is 0 Å². The number of aromatic nitrogens is 2. The molecule has 5 heteroatoms. The molecule has 2 N–H and O–H groups in total. The van der Waals surface area contributed by atoms with Crippen molar-refractivity contribution in [1.82, 2.24) is 14.9 Å². The fraction of sp³-hybridized carbons (Fsp3) is 0.259. The lowest BCUT2D eigenvalue weighted by molar-refractivity contribution is 0.0940. The molecule has 1 heterocycles. The molecule has 0 radical (unpaired) electrons. The fourth-order valence-electron chi connectivity index (χ4n) is 3.98. The molecule has 0 spiro atoms. The monoisotopic (exact) mass is 427 g/mol. The molecule has 0 unspecified atom stereocenters. The smallest absolute Gasteiger partial charge is 0.251 e. The zero-order chi connectivity index (χ0) is 22.8. The van der Waals surface area contributed by atoms with Gasteiger partial charge < -0.3 is 15.0 Å². The number of aromatic hydroxyl groups is 1. The number of fused-ring (bicyclic) bond motifs is 1. The predicted molar refractivity (Wildman–Crippen MR) is 128 cm³/mol. The molecule has 0 aliphatic heterocycles. The Balaban J connectivity index is 1.55. The summed E-state index contributed by atoms with van der Waals surface area (Å²) < 4.78 is 2.09. The predicted octanol–water partition coefficient (Wildman–Crippen LogP) is 5.71. The van der Waals surface area contributed by atoms with Gasteiger partial charge in [-0.15, -0.1) is 0 Å². The van der Waals surface area contributed by atoms with Gasteiger partial charge in [0.15, 0.2) is 0 Å². The van der Waals surface area contributed by atoms with E-state index in [4.69, 9.17) is 0 Å². The summed E-state index contributed by atoms with van der Waals surface area (Å²) in [5.41, 5.74) is 5.68. The van der Waals surface area contributed by atoms with Crippen molar-refractivity contribution in [2.75, 3.05) is 0 Å². The number of benzene rings is 3. The Morgan fingerprint density at radius 2 is 1.75 bits per heavy atom. The van der Waals surface area contributed by atoms with Crippen LogP contribution in [-0.2, 0) is 6.54 Å². The summed E-state index contributed by atoms with van der Waals surface area (Å²) in [7, 11) is 0. The minimum atomic E-state index is -0.116. The highest BCUT2D eigenvalue weighted by atomic mass is 16.3. The van der Waals surface area contributed by atoms with Gasteiger partial charge in [-0.3, -0.25) is 4.79 Å². The van der Waals surface area contributed by atoms with Crippen molar-refractivity contribution in [1.29, 1.82) is 0 Å². The van der Waals surface area contributed by atoms with Crippen LogP contribution in [0.2, 0.25) is 0 Å². The van der Waals surface area contributed by atoms with E-state index in [1.54, 1.807) is 12.1 Å². The van der Waals surface area contributed by atoms with Gasteiger partial charge in [-0.05, 0) is 66.8 Å². The van der Waals surface area contributed by atoms with Crippen molar-refractivity contribution in [3.8, 4) is 5.75 Å². The van der Waals surface area contributed by atoms with Crippen LogP contribution in [0.4, 0.5) is 0 Å². The molecule has 164 valence electrons. The van der Waals surface area contributed by atoms with Gasteiger partial charge >= 0.3 is 0 Å². The van der Waals surface area contributed by atoms with E-state index in [0.29, 0.717) is 18.0 Å². The molecule has 0 bridgehead atoms. The number of nitrogens with one attached hydrogen (secondary N) is 1. The van der Waals surface area contributed by atoms with Gasteiger partial charge in [0.2, 0.25) is 0 Å². The van der Waals surface area contributed by atoms with Crippen molar-refractivity contribution < 1.29 is 9.90 Å². The summed E-state index contributed by atoms with van der Waals surface area (Å²) in [6.45, 7) is 8.89. The van der Waals surface area contributed by atoms with E-state index in [2.05, 4.69) is 40.8 Å². The van der Waals surface area contributed by atoms with Crippen molar-refractivity contribution in [2.45, 2.75) is 46.2 Å². The topological polar surface area (TPSA) is 67.2 Å². The first-order valence-electron chi connectivity index (χ1n) is 11.0. The Hall–Kier alpha value is -3.60. The standard InChI is InChI=1S/C27H29N3O2/c1-17(2)21-8-6-9-22(14-21)18(3)28-27(32)23-11-12-26-25(15-23)29-19(4)30(26)16-20-7-5-10-24(31)13-20/h5-15,17-18,31H,16H2,1-4H3,(H,28,32)/t18-/m0/s1. The Labute approximate surface area is 188 Å². The average Bonchev–Trinajstić information content (AvgIpc) is 3.08. The van der Waals surface area contributed by atoms with Crippen LogP contribution in [0.25, 0.3) is 11.0 Å². The molecule has 3 aromatic carbocycles. The maximum Gasteiger partial charge on any atom is 0.251 e. The normalized spacial score (nSPS) is 12.3. The maximum atomic E-state index is 12.9. The number of imidazole rings is 1. The molecular weight excluding hydrogens is 398 g/mol. The summed E-state index contributed by atoms with van der Waals surface area (Å²) in [4.78, 5) is 17.6. The van der Waals surface area contributed by atoms with Gasteiger partial charge in [0.05, 0.1) is 17.1 Å². The lowest BCUT2D eigenvalue weighted by Gasteiger charge is -2.16. The van der Waals surface area contributed by atoms with Crippen LogP contribution < -0.4 is 5.32 Å². The Morgan fingerprint density at radius 3 is 2.50 bits per heavy atom. The van der Waals surface area contributed by atoms with Crippen molar-refractivity contribution in [3.05, 3.63) is 94.8 Å². The maximum absolute atomic E-state index is 12.9. The SMILES string of the molecule is Cc1nc2cc(C(=O)N[C@@H](C)c3cccc(C(C)C)c3)ccc2n1Cc1cccc(O)c1. The first-order valence-corrected chi connectivity index (χ1v) is 11.0. The first-order chi connectivity index (χ1) is 15.3. The van der Waals surface area contributed by atoms with Crippen LogP contribution in [0.1, 0.15) is 65.6 Å². The quantitative estimate of drug-likeness (QED) is 0.414. The number of phenolic OH excluding ortho intramolecular Hbond substituents is 1. The number of rotatable bonds is 6. The highest BCUT2D eigenvalue weighted by Gasteiger charge is 2.15. The molecule has 1 aromatic heterocycles. The third kappa shape index (κ3) is 4.52. The minimum Gasteiger partial charge on any atom is -0.508 e. The van der Waals surface area contributed by atoms with Gasteiger partial charge in [-0.2, -0.15) is 0 Å². The number of hydrogen-bond donors (Lipinski definition) is 2. The van der Waals surface area contributed by atoms with E-state index >= 15 is 0 Å². The third-order valence-corrected chi connectivity index (χ3v) is 5.88. The summed E-state index contributed by atoms with van der Waals surface area (Å²) in [5.74, 6) is 1.43. The second-order valence-corrected chi connectivity index (χ2v) is 8.64. The summed E-state index contributed by atoms with van der Waals surface area (Å²) in [6.07, 6.45) is 0. The van der Waals surface area contributed by atoms with Crippen LogP contribution in [0, 0.1) is 6.92 Å². The molecule has 0 saturated heterocycles. The molecule has 0 aliphatic carbocycles.